The SMILES string of the molecule is CCCNCCC(Cl)Cl. The Morgan fingerprint density at radius 1 is 1.33 bits per heavy atom. The highest BCUT2D eigenvalue weighted by Crippen LogP contribution is 2.04. The van der Waals surface area contributed by atoms with Crippen molar-refractivity contribution in [2.75, 3.05) is 13.1 Å². The summed E-state index contributed by atoms with van der Waals surface area (Å²) in [5.41, 5.74) is 0. The third-order valence-electron chi connectivity index (χ3n) is 0.966. The van der Waals surface area contributed by atoms with Crippen LogP contribution >= 0.6 is 23.2 Å². The summed E-state index contributed by atoms with van der Waals surface area (Å²) < 4.78 is 0. The molecule has 0 amide bonds. The molecule has 0 saturated heterocycles. The largest absolute Gasteiger partial charge is 0.317 e. The minimum absolute atomic E-state index is 0.214. The summed E-state index contributed by atoms with van der Waals surface area (Å²) in [6.07, 6.45) is 2.00. The average Bonchev–Trinajstić information content (AvgIpc) is 1.80. The van der Waals surface area contributed by atoms with E-state index in [1.807, 2.05) is 0 Å². The van der Waals surface area contributed by atoms with E-state index in [1.165, 1.54) is 0 Å². The van der Waals surface area contributed by atoms with Crippen LogP contribution in [0.1, 0.15) is 19.8 Å². The van der Waals surface area contributed by atoms with Gasteiger partial charge < -0.3 is 5.32 Å². The van der Waals surface area contributed by atoms with Gasteiger partial charge in [0, 0.05) is 0 Å². The molecular formula is C6H13Cl2N. The van der Waals surface area contributed by atoms with Gasteiger partial charge in [0.1, 0.15) is 4.84 Å². The summed E-state index contributed by atoms with van der Waals surface area (Å²) in [7, 11) is 0. The molecule has 0 aliphatic rings. The Kier molecular flexibility index (Phi) is 7.06. The maximum absolute atomic E-state index is 5.48. The quantitative estimate of drug-likeness (QED) is 0.492. The van der Waals surface area contributed by atoms with E-state index in [4.69, 9.17) is 23.2 Å². The van der Waals surface area contributed by atoms with Crippen LogP contribution in [0.15, 0.2) is 0 Å². The van der Waals surface area contributed by atoms with Gasteiger partial charge in [0.2, 0.25) is 0 Å². The number of nitrogens with one attached hydrogen (secondary N) is 1. The molecule has 0 aliphatic carbocycles. The Hall–Kier alpha value is 0.540. The number of alkyl halides is 2. The molecule has 0 spiro atoms. The fraction of sp³-hybridized carbons (Fsp3) is 1.00. The zero-order valence-corrected chi connectivity index (χ0v) is 7.17. The Balaban J connectivity index is 2.75. The van der Waals surface area contributed by atoms with Crippen molar-refractivity contribution in [3.05, 3.63) is 0 Å². The molecule has 0 bridgehead atoms. The summed E-state index contributed by atoms with van der Waals surface area (Å²) in [4.78, 5) is -0.214. The van der Waals surface area contributed by atoms with Gasteiger partial charge in [0.25, 0.3) is 0 Å². The zero-order valence-electron chi connectivity index (χ0n) is 5.66. The second kappa shape index (κ2) is 6.66. The van der Waals surface area contributed by atoms with Gasteiger partial charge in [0.05, 0.1) is 0 Å². The van der Waals surface area contributed by atoms with Crippen LogP contribution in [0.3, 0.4) is 0 Å². The van der Waals surface area contributed by atoms with E-state index in [9.17, 15) is 0 Å². The van der Waals surface area contributed by atoms with Crippen LogP contribution in [0, 0.1) is 0 Å². The normalized spacial score (nSPS) is 10.7. The van der Waals surface area contributed by atoms with Gasteiger partial charge in [-0.3, -0.25) is 0 Å². The van der Waals surface area contributed by atoms with Crippen molar-refractivity contribution in [1.29, 1.82) is 0 Å². The van der Waals surface area contributed by atoms with Gasteiger partial charge in [-0.25, -0.2) is 0 Å². The van der Waals surface area contributed by atoms with Gasteiger partial charge in [0.15, 0.2) is 0 Å². The fourth-order valence-corrected chi connectivity index (χ4v) is 0.731. The van der Waals surface area contributed by atoms with Gasteiger partial charge >= 0.3 is 0 Å². The topological polar surface area (TPSA) is 12.0 Å². The van der Waals surface area contributed by atoms with Crippen molar-refractivity contribution >= 4 is 23.2 Å². The van der Waals surface area contributed by atoms with Gasteiger partial charge in [-0.1, -0.05) is 6.92 Å². The monoisotopic (exact) mass is 169 g/mol. The molecule has 0 aromatic carbocycles. The van der Waals surface area contributed by atoms with E-state index in [0.717, 1.165) is 25.9 Å². The molecule has 0 unspecified atom stereocenters. The molecule has 0 atom stereocenters. The van der Waals surface area contributed by atoms with Crippen molar-refractivity contribution in [3.8, 4) is 0 Å². The zero-order chi connectivity index (χ0) is 7.11. The van der Waals surface area contributed by atoms with Crippen LogP contribution in [-0.2, 0) is 0 Å². The van der Waals surface area contributed by atoms with Crippen LogP contribution < -0.4 is 5.32 Å². The van der Waals surface area contributed by atoms with E-state index >= 15 is 0 Å². The number of halogens is 2. The lowest BCUT2D eigenvalue weighted by Crippen LogP contribution is -2.17. The molecule has 1 nitrogen and oxygen atoms in total. The maximum Gasteiger partial charge on any atom is 0.109 e. The molecule has 0 saturated carbocycles. The summed E-state index contributed by atoms with van der Waals surface area (Å²) >= 11 is 11.0. The highest BCUT2D eigenvalue weighted by molar-refractivity contribution is 6.44. The smallest absolute Gasteiger partial charge is 0.109 e. The van der Waals surface area contributed by atoms with Crippen LogP contribution in [-0.4, -0.2) is 17.9 Å². The van der Waals surface area contributed by atoms with Crippen molar-refractivity contribution < 1.29 is 0 Å². The second-order valence-electron chi connectivity index (χ2n) is 1.93. The number of rotatable bonds is 5. The lowest BCUT2D eigenvalue weighted by Gasteiger charge is -2.01. The predicted octanol–water partition coefficient (Wildman–Crippen LogP) is 2.18. The Morgan fingerprint density at radius 3 is 2.44 bits per heavy atom. The van der Waals surface area contributed by atoms with E-state index in [-0.39, 0.29) is 4.84 Å². The lowest BCUT2D eigenvalue weighted by atomic mass is 10.4. The molecule has 9 heavy (non-hydrogen) atoms. The van der Waals surface area contributed by atoms with Crippen molar-refractivity contribution in [1.82, 2.24) is 5.32 Å². The molecule has 0 aromatic heterocycles. The molecular weight excluding hydrogens is 157 g/mol. The van der Waals surface area contributed by atoms with Crippen molar-refractivity contribution in [2.45, 2.75) is 24.6 Å². The molecule has 0 fully saturated rings. The van der Waals surface area contributed by atoms with Crippen molar-refractivity contribution in [2.24, 2.45) is 0 Å². The Labute approximate surface area is 66.7 Å². The van der Waals surface area contributed by atoms with E-state index in [0.29, 0.717) is 0 Å². The summed E-state index contributed by atoms with van der Waals surface area (Å²) in [6, 6.07) is 0. The average molecular weight is 170 g/mol. The third-order valence-corrected chi connectivity index (χ3v) is 1.40. The number of hydrogen-bond acceptors (Lipinski definition) is 1. The first-order chi connectivity index (χ1) is 4.27. The molecule has 0 heterocycles. The van der Waals surface area contributed by atoms with E-state index in [2.05, 4.69) is 12.2 Å². The number of hydrogen-bond donors (Lipinski definition) is 1. The highest BCUT2D eigenvalue weighted by atomic mass is 35.5. The molecule has 56 valence electrons. The summed E-state index contributed by atoms with van der Waals surface area (Å²) in [6.45, 7) is 4.11. The fourth-order valence-electron chi connectivity index (χ4n) is 0.513. The first kappa shape index (κ1) is 9.54. The van der Waals surface area contributed by atoms with Crippen LogP contribution in [0.25, 0.3) is 0 Å². The van der Waals surface area contributed by atoms with E-state index < -0.39 is 0 Å². The summed E-state index contributed by atoms with van der Waals surface area (Å²) in [5, 5.41) is 3.20. The Morgan fingerprint density at radius 2 is 2.00 bits per heavy atom. The third kappa shape index (κ3) is 8.54. The predicted molar refractivity (Wildman–Crippen MR) is 43.3 cm³/mol. The molecule has 0 aliphatic heterocycles. The highest BCUT2D eigenvalue weighted by Gasteiger charge is 1.95. The summed E-state index contributed by atoms with van der Waals surface area (Å²) in [5.74, 6) is 0. The van der Waals surface area contributed by atoms with Crippen LogP contribution in [0.5, 0.6) is 0 Å². The second-order valence-corrected chi connectivity index (χ2v) is 3.21. The minimum atomic E-state index is -0.214. The standard InChI is InChI=1S/C6H13Cl2N/c1-2-4-9-5-3-6(7)8/h6,9H,2-5H2,1H3. The Bertz CT molecular complexity index is 57.0. The van der Waals surface area contributed by atoms with Crippen LogP contribution in [0.4, 0.5) is 0 Å². The molecule has 0 aromatic rings. The molecule has 0 radical (unpaired) electrons. The molecule has 3 heteroatoms. The molecule has 0 rings (SSSR count). The van der Waals surface area contributed by atoms with Crippen LogP contribution in [0.2, 0.25) is 0 Å². The first-order valence-corrected chi connectivity index (χ1v) is 4.13. The van der Waals surface area contributed by atoms with Crippen molar-refractivity contribution in [3.63, 3.8) is 0 Å². The van der Waals surface area contributed by atoms with Gasteiger partial charge in [-0.05, 0) is 25.9 Å². The minimum Gasteiger partial charge on any atom is -0.317 e. The van der Waals surface area contributed by atoms with Gasteiger partial charge in [-0.2, -0.15) is 0 Å². The maximum atomic E-state index is 5.48. The van der Waals surface area contributed by atoms with E-state index in [1.54, 1.807) is 0 Å². The lowest BCUT2D eigenvalue weighted by molar-refractivity contribution is 0.656. The van der Waals surface area contributed by atoms with Gasteiger partial charge in [-0.15, -0.1) is 23.2 Å². The molecule has 1 N–H and O–H groups in total. The first-order valence-electron chi connectivity index (χ1n) is 3.26.